The van der Waals surface area contributed by atoms with Crippen LogP contribution in [-0.4, -0.2) is 33.5 Å². The molecule has 1 aromatic heterocycles. The van der Waals surface area contributed by atoms with Gasteiger partial charge in [0.2, 0.25) is 11.8 Å². The number of aromatic nitrogens is 2. The number of hydrogen-bond acceptors (Lipinski definition) is 4. The number of carbonyl (C=O) groups excluding carboxylic acids is 1. The minimum absolute atomic E-state index is 0.199. The monoisotopic (exact) mass is 341 g/mol. The number of likely N-dealkylation sites (tertiary alicyclic amines) is 1. The van der Waals surface area contributed by atoms with Gasteiger partial charge in [0.05, 0.1) is 0 Å². The van der Waals surface area contributed by atoms with E-state index in [1.807, 2.05) is 19.9 Å². The lowest BCUT2D eigenvalue weighted by atomic mass is 9.95. The Morgan fingerprint density at radius 2 is 2.08 bits per heavy atom. The van der Waals surface area contributed by atoms with Crippen LogP contribution in [0.5, 0.6) is 0 Å². The minimum atomic E-state index is 0.199. The molecule has 1 unspecified atom stereocenters. The summed E-state index contributed by atoms with van der Waals surface area (Å²) in [6, 6.07) is 10.7. The van der Waals surface area contributed by atoms with Crippen molar-refractivity contribution in [1.29, 1.82) is 0 Å². The first-order chi connectivity index (χ1) is 12.1. The van der Waals surface area contributed by atoms with Crippen molar-refractivity contribution in [1.82, 2.24) is 15.0 Å². The van der Waals surface area contributed by atoms with Gasteiger partial charge in [0.25, 0.3) is 0 Å². The van der Waals surface area contributed by atoms with Crippen LogP contribution < -0.4 is 0 Å². The van der Waals surface area contributed by atoms with Crippen LogP contribution in [0.15, 0.2) is 34.9 Å². The number of benzene rings is 1. The van der Waals surface area contributed by atoms with Crippen molar-refractivity contribution >= 4 is 5.91 Å². The Morgan fingerprint density at radius 3 is 2.80 bits per heavy atom. The molecule has 1 amide bonds. The normalized spacial score (nSPS) is 17.9. The fourth-order valence-corrected chi connectivity index (χ4v) is 3.39. The third-order valence-electron chi connectivity index (χ3n) is 4.81. The molecule has 2 heterocycles. The van der Waals surface area contributed by atoms with Gasteiger partial charge in [0.15, 0.2) is 5.82 Å². The van der Waals surface area contributed by atoms with Crippen LogP contribution in [0.4, 0.5) is 0 Å². The lowest BCUT2D eigenvalue weighted by Gasteiger charge is -2.36. The molecule has 0 aliphatic carbocycles. The highest BCUT2D eigenvalue weighted by Crippen LogP contribution is 2.22. The van der Waals surface area contributed by atoms with Gasteiger partial charge in [-0.15, -0.1) is 0 Å². The van der Waals surface area contributed by atoms with E-state index in [0.717, 1.165) is 25.8 Å². The summed E-state index contributed by atoms with van der Waals surface area (Å²) in [6.45, 7) is 4.92. The van der Waals surface area contributed by atoms with Gasteiger partial charge >= 0.3 is 0 Å². The molecule has 0 bridgehead atoms. The zero-order valence-corrected chi connectivity index (χ0v) is 15.1. The summed E-state index contributed by atoms with van der Waals surface area (Å²) in [7, 11) is 0. The lowest BCUT2D eigenvalue weighted by molar-refractivity contribution is -0.134. The van der Waals surface area contributed by atoms with Crippen LogP contribution >= 0.6 is 0 Å². The maximum absolute atomic E-state index is 12.7. The molecular weight excluding hydrogens is 314 g/mol. The van der Waals surface area contributed by atoms with E-state index in [-0.39, 0.29) is 11.8 Å². The summed E-state index contributed by atoms with van der Waals surface area (Å²) in [5.74, 6) is 1.71. The Morgan fingerprint density at radius 1 is 1.28 bits per heavy atom. The molecule has 0 saturated carbocycles. The fraction of sp³-hybridized carbons (Fsp3) is 0.550. The highest BCUT2D eigenvalue weighted by molar-refractivity contribution is 5.76. The van der Waals surface area contributed by atoms with Gasteiger partial charge in [-0.05, 0) is 31.2 Å². The molecule has 5 heteroatoms. The van der Waals surface area contributed by atoms with E-state index < -0.39 is 0 Å². The molecule has 1 aliphatic heterocycles. The quantitative estimate of drug-likeness (QED) is 0.803. The molecule has 0 N–H and O–H groups in total. The van der Waals surface area contributed by atoms with Crippen molar-refractivity contribution in [2.45, 2.75) is 64.3 Å². The van der Waals surface area contributed by atoms with E-state index in [1.54, 1.807) is 0 Å². The fourth-order valence-electron chi connectivity index (χ4n) is 3.39. The molecule has 3 rings (SSSR count). The molecule has 1 aromatic carbocycles. The van der Waals surface area contributed by atoms with E-state index >= 15 is 0 Å². The van der Waals surface area contributed by atoms with Gasteiger partial charge in [-0.25, -0.2) is 0 Å². The van der Waals surface area contributed by atoms with Crippen molar-refractivity contribution in [3.05, 3.63) is 47.6 Å². The van der Waals surface area contributed by atoms with Crippen LogP contribution in [-0.2, 0) is 17.6 Å². The van der Waals surface area contributed by atoms with Crippen LogP contribution in [0, 0.1) is 0 Å². The van der Waals surface area contributed by atoms with Crippen LogP contribution in [0.25, 0.3) is 0 Å². The van der Waals surface area contributed by atoms with Crippen LogP contribution in [0.3, 0.4) is 0 Å². The van der Waals surface area contributed by atoms with Gasteiger partial charge in [-0.1, -0.05) is 49.3 Å². The standard InChI is InChI=1S/C20H27N3O2/c1-15(2)20-21-18(25-22-20)11-12-19(24)23-13-7-6-10-17(23)14-16-8-4-3-5-9-16/h3-5,8-9,15,17H,6-7,10-14H2,1-2H3. The third kappa shape index (κ3) is 4.68. The molecule has 1 fully saturated rings. The van der Waals surface area contributed by atoms with Crippen molar-refractivity contribution in [2.24, 2.45) is 0 Å². The van der Waals surface area contributed by atoms with Gasteiger partial charge in [0.1, 0.15) is 0 Å². The summed E-state index contributed by atoms with van der Waals surface area (Å²) in [4.78, 5) is 19.2. The first-order valence-electron chi connectivity index (χ1n) is 9.29. The van der Waals surface area contributed by atoms with Crippen molar-refractivity contribution < 1.29 is 9.32 Å². The number of rotatable bonds is 6. The first kappa shape index (κ1) is 17.6. The highest BCUT2D eigenvalue weighted by atomic mass is 16.5. The Balaban J connectivity index is 1.58. The molecular formula is C20H27N3O2. The molecule has 1 saturated heterocycles. The molecule has 1 aliphatic rings. The number of carbonyl (C=O) groups is 1. The van der Waals surface area contributed by atoms with Crippen molar-refractivity contribution in [2.75, 3.05) is 6.54 Å². The number of piperidine rings is 1. The zero-order valence-electron chi connectivity index (χ0n) is 15.1. The number of hydrogen-bond donors (Lipinski definition) is 0. The molecule has 0 spiro atoms. The molecule has 25 heavy (non-hydrogen) atoms. The van der Waals surface area contributed by atoms with E-state index in [2.05, 4.69) is 39.3 Å². The summed E-state index contributed by atoms with van der Waals surface area (Å²) in [5.41, 5.74) is 1.30. The Labute approximate surface area is 149 Å². The smallest absolute Gasteiger partial charge is 0.227 e. The van der Waals surface area contributed by atoms with Gasteiger partial charge in [-0.2, -0.15) is 4.98 Å². The summed E-state index contributed by atoms with van der Waals surface area (Å²) in [6.07, 6.45) is 5.26. The molecule has 134 valence electrons. The minimum Gasteiger partial charge on any atom is -0.339 e. The van der Waals surface area contributed by atoms with Crippen LogP contribution in [0.2, 0.25) is 0 Å². The summed E-state index contributed by atoms with van der Waals surface area (Å²) >= 11 is 0. The first-order valence-corrected chi connectivity index (χ1v) is 9.29. The Bertz CT molecular complexity index is 681. The number of aryl methyl sites for hydroxylation is 1. The second-order valence-corrected chi connectivity index (χ2v) is 7.13. The summed E-state index contributed by atoms with van der Waals surface area (Å²) in [5, 5.41) is 3.97. The Kier molecular flexibility index (Phi) is 5.84. The van der Waals surface area contributed by atoms with E-state index in [4.69, 9.17) is 4.52 Å². The van der Waals surface area contributed by atoms with E-state index in [1.165, 1.54) is 12.0 Å². The van der Waals surface area contributed by atoms with Crippen molar-refractivity contribution in [3.63, 3.8) is 0 Å². The second-order valence-electron chi connectivity index (χ2n) is 7.13. The number of nitrogens with zero attached hydrogens (tertiary/aromatic N) is 3. The largest absolute Gasteiger partial charge is 0.339 e. The van der Waals surface area contributed by atoms with E-state index in [0.29, 0.717) is 30.6 Å². The number of amides is 1. The van der Waals surface area contributed by atoms with E-state index in [9.17, 15) is 4.79 Å². The average molecular weight is 341 g/mol. The molecule has 1 atom stereocenters. The van der Waals surface area contributed by atoms with Gasteiger partial charge in [-0.3, -0.25) is 4.79 Å². The molecule has 5 nitrogen and oxygen atoms in total. The van der Waals surface area contributed by atoms with Gasteiger partial charge in [0, 0.05) is 31.3 Å². The van der Waals surface area contributed by atoms with Crippen LogP contribution in [0.1, 0.15) is 62.7 Å². The van der Waals surface area contributed by atoms with Gasteiger partial charge < -0.3 is 9.42 Å². The molecule has 0 radical (unpaired) electrons. The lowest BCUT2D eigenvalue weighted by Crippen LogP contribution is -2.45. The predicted octanol–water partition coefficient (Wildman–Crippen LogP) is 3.75. The zero-order chi connectivity index (χ0) is 17.6. The maximum Gasteiger partial charge on any atom is 0.227 e. The molecule has 2 aromatic rings. The second kappa shape index (κ2) is 8.28. The third-order valence-corrected chi connectivity index (χ3v) is 4.81. The summed E-state index contributed by atoms with van der Waals surface area (Å²) < 4.78 is 5.25. The predicted molar refractivity (Wildman–Crippen MR) is 96.2 cm³/mol. The SMILES string of the molecule is CC(C)c1noc(CCC(=O)N2CCCCC2Cc2ccccc2)n1. The van der Waals surface area contributed by atoms with Crippen molar-refractivity contribution in [3.8, 4) is 0 Å². The average Bonchev–Trinajstić information content (AvgIpc) is 3.10. The Hall–Kier alpha value is -2.17. The maximum atomic E-state index is 12.7. The topological polar surface area (TPSA) is 59.2 Å². The highest BCUT2D eigenvalue weighted by Gasteiger charge is 2.26.